The number of anilines is 1. The van der Waals surface area contributed by atoms with Gasteiger partial charge in [-0.2, -0.15) is 0 Å². The highest BCUT2D eigenvalue weighted by Crippen LogP contribution is 2.27. The Morgan fingerprint density at radius 3 is 2.29 bits per heavy atom. The average Bonchev–Trinajstić information content (AvgIpc) is 2.82. The van der Waals surface area contributed by atoms with Crippen LogP contribution in [0.5, 0.6) is 0 Å². The Morgan fingerprint density at radius 1 is 0.886 bits per heavy atom. The molecule has 0 aliphatic heterocycles. The third-order valence-corrected chi connectivity index (χ3v) is 6.40. The normalized spacial score (nSPS) is 13.9. The van der Waals surface area contributed by atoms with Crippen LogP contribution in [-0.2, 0) is 22.6 Å². The Hall–Kier alpha value is -3.64. The maximum atomic E-state index is 13.1. The predicted molar refractivity (Wildman–Crippen MR) is 137 cm³/mol. The fraction of sp³-hybridized carbons (Fsp3) is 0.250. The van der Waals surface area contributed by atoms with E-state index in [-0.39, 0.29) is 30.2 Å². The number of hydrogen-bond donors (Lipinski definition) is 3. The zero-order valence-electron chi connectivity index (χ0n) is 19.3. The molecule has 0 radical (unpaired) electrons. The van der Waals surface area contributed by atoms with Crippen molar-refractivity contribution in [2.24, 2.45) is 5.92 Å². The van der Waals surface area contributed by atoms with Crippen LogP contribution >= 0.6 is 11.6 Å². The van der Waals surface area contributed by atoms with Crippen LogP contribution in [0.3, 0.4) is 0 Å². The summed E-state index contributed by atoms with van der Waals surface area (Å²) in [5.74, 6) is -0.495. The van der Waals surface area contributed by atoms with Crippen molar-refractivity contribution in [2.75, 3.05) is 5.32 Å². The van der Waals surface area contributed by atoms with E-state index in [0.717, 1.165) is 30.4 Å². The van der Waals surface area contributed by atoms with Crippen molar-refractivity contribution in [3.8, 4) is 0 Å². The van der Waals surface area contributed by atoms with E-state index < -0.39 is 6.04 Å². The molecule has 0 bridgehead atoms. The van der Waals surface area contributed by atoms with Crippen LogP contribution in [0, 0.1) is 5.92 Å². The molecular weight excluding hydrogens is 462 g/mol. The van der Waals surface area contributed by atoms with Gasteiger partial charge in [0, 0.05) is 35.2 Å². The molecule has 6 nitrogen and oxygen atoms in total. The molecule has 1 aliphatic rings. The van der Waals surface area contributed by atoms with Crippen LogP contribution in [0.1, 0.15) is 40.7 Å². The first-order chi connectivity index (χ1) is 17.0. The highest BCUT2D eigenvalue weighted by atomic mass is 35.5. The van der Waals surface area contributed by atoms with Gasteiger partial charge >= 0.3 is 0 Å². The molecule has 180 valence electrons. The second-order valence-electron chi connectivity index (χ2n) is 8.76. The topological polar surface area (TPSA) is 87.3 Å². The number of halogens is 1. The zero-order valence-corrected chi connectivity index (χ0v) is 20.1. The summed E-state index contributed by atoms with van der Waals surface area (Å²) in [6.07, 6.45) is 3.32. The van der Waals surface area contributed by atoms with Gasteiger partial charge in [0.2, 0.25) is 11.8 Å². The van der Waals surface area contributed by atoms with Gasteiger partial charge in [-0.25, -0.2) is 0 Å². The SMILES string of the molecule is O=C(NC(Cc1ccccc1)C(=O)NCc1cccc(NC(=O)C2CCC2)c1)c1ccc(Cl)cc1. The van der Waals surface area contributed by atoms with E-state index in [9.17, 15) is 14.4 Å². The van der Waals surface area contributed by atoms with E-state index in [1.54, 1.807) is 24.3 Å². The van der Waals surface area contributed by atoms with Gasteiger partial charge in [-0.1, -0.05) is 60.5 Å². The largest absolute Gasteiger partial charge is 0.350 e. The lowest BCUT2D eigenvalue weighted by Crippen LogP contribution is -2.47. The summed E-state index contributed by atoms with van der Waals surface area (Å²) in [5.41, 5.74) is 2.93. The van der Waals surface area contributed by atoms with E-state index in [1.165, 1.54) is 0 Å². The Bertz CT molecular complexity index is 1180. The van der Waals surface area contributed by atoms with Gasteiger partial charge in [-0.3, -0.25) is 14.4 Å². The minimum Gasteiger partial charge on any atom is -0.350 e. The summed E-state index contributed by atoms with van der Waals surface area (Å²) in [7, 11) is 0. The highest BCUT2D eigenvalue weighted by molar-refractivity contribution is 6.30. The van der Waals surface area contributed by atoms with Crippen LogP contribution < -0.4 is 16.0 Å². The van der Waals surface area contributed by atoms with Gasteiger partial charge in [-0.05, 0) is 60.4 Å². The summed E-state index contributed by atoms with van der Waals surface area (Å²) < 4.78 is 0. The lowest BCUT2D eigenvalue weighted by Gasteiger charge is -2.24. The molecule has 4 rings (SSSR count). The number of benzene rings is 3. The van der Waals surface area contributed by atoms with Crippen LogP contribution in [0.25, 0.3) is 0 Å². The van der Waals surface area contributed by atoms with E-state index in [1.807, 2.05) is 54.6 Å². The molecule has 35 heavy (non-hydrogen) atoms. The molecule has 0 spiro atoms. The summed E-state index contributed by atoms with van der Waals surface area (Å²) in [6, 6.07) is 22.7. The number of carbonyl (C=O) groups is 3. The van der Waals surface area contributed by atoms with Crippen molar-refractivity contribution in [3.63, 3.8) is 0 Å². The Kier molecular flexibility index (Phi) is 8.16. The Labute approximate surface area is 210 Å². The first kappa shape index (κ1) is 24.5. The molecule has 1 fully saturated rings. The van der Waals surface area contributed by atoms with Crippen LogP contribution in [0.2, 0.25) is 5.02 Å². The van der Waals surface area contributed by atoms with Gasteiger partial charge in [0.1, 0.15) is 6.04 Å². The summed E-state index contributed by atoms with van der Waals surface area (Å²) in [5, 5.41) is 9.26. The fourth-order valence-corrected chi connectivity index (χ4v) is 4.01. The maximum Gasteiger partial charge on any atom is 0.251 e. The smallest absolute Gasteiger partial charge is 0.251 e. The Morgan fingerprint density at radius 2 is 1.60 bits per heavy atom. The van der Waals surface area contributed by atoms with Crippen molar-refractivity contribution >= 4 is 35.0 Å². The van der Waals surface area contributed by atoms with Gasteiger partial charge in [-0.15, -0.1) is 0 Å². The maximum absolute atomic E-state index is 13.1. The van der Waals surface area contributed by atoms with Crippen molar-refractivity contribution < 1.29 is 14.4 Å². The minimum atomic E-state index is -0.762. The molecule has 1 saturated carbocycles. The van der Waals surface area contributed by atoms with Crippen molar-refractivity contribution in [3.05, 3.63) is 101 Å². The van der Waals surface area contributed by atoms with Crippen LogP contribution in [0.4, 0.5) is 5.69 Å². The Balaban J connectivity index is 1.40. The summed E-state index contributed by atoms with van der Waals surface area (Å²) in [6.45, 7) is 0.272. The summed E-state index contributed by atoms with van der Waals surface area (Å²) in [4.78, 5) is 38.2. The number of hydrogen-bond acceptors (Lipinski definition) is 3. The second kappa shape index (κ2) is 11.7. The first-order valence-electron chi connectivity index (χ1n) is 11.8. The van der Waals surface area contributed by atoms with E-state index in [2.05, 4.69) is 16.0 Å². The van der Waals surface area contributed by atoms with Crippen molar-refractivity contribution in [1.29, 1.82) is 0 Å². The number of carbonyl (C=O) groups excluding carboxylic acids is 3. The molecule has 3 N–H and O–H groups in total. The molecule has 1 atom stereocenters. The standard InChI is InChI=1S/C28H28ClN3O3/c29-23-14-12-22(13-15-23)27(34)32-25(17-19-6-2-1-3-7-19)28(35)30-18-20-8-4-11-24(16-20)31-26(33)21-9-5-10-21/h1-4,6-8,11-16,21,25H,5,9-10,17-18H2,(H,30,35)(H,31,33)(H,32,34). The number of nitrogens with one attached hydrogen (secondary N) is 3. The zero-order chi connectivity index (χ0) is 24.6. The van der Waals surface area contributed by atoms with E-state index in [4.69, 9.17) is 11.6 Å². The monoisotopic (exact) mass is 489 g/mol. The molecular formula is C28H28ClN3O3. The van der Waals surface area contributed by atoms with E-state index >= 15 is 0 Å². The predicted octanol–water partition coefficient (Wildman–Crippen LogP) is 4.74. The molecule has 1 unspecified atom stereocenters. The molecule has 0 heterocycles. The van der Waals surface area contributed by atoms with Gasteiger partial charge in [0.15, 0.2) is 0 Å². The quantitative estimate of drug-likeness (QED) is 0.406. The third-order valence-electron chi connectivity index (χ3n) is 6.15. The molecule has 0 saturated heterocycles. The highest BCUT2D eigenvalue weighted by Gasteiger charge is 2.25. The van der Waals surface area contributed by atoms with Gasteiger partial charge < -0.3 is 16.0 Å². The molecule has 1 aliphatic carbocycles. The third kappa shape index (κ3) is 6.93. The summed E-state index contributed by atoms with van der Waals surface area (Å²) >= 11 is 5.92. The lowest BCUT2D eigenvalue weighted by molar-refractivity contribution is -0.123. The van der Waals surface area contributed by atoms with Gasteiger partial charge in [0.05, 0.1) is 0 Å². The number of amides is 3. The first-order valence-corrected chi connectivity index (χ1v) is 12.1. The lowest BCUT2D eigenvalue weighted by atomic mass is 9.85. The van der Waals surface area contributed by atoms with Gasteiger partial charge in [0.25, 0.3) is 5.91 Å². The minimum absolute atomic E-state index is 0.0465. The molecule has 3 aromatic carbocycles. The number of rotatable bonds is 9. The average molecular weight is 490 g/mol. The fourth-order valence-electron chi connectivity index (χ4n) is 3.89. The van der Waals surface area contributed by atoms with Crippen molar-refractivity contribution in [1.82, 2.24) is 10.6 Å². The van der Waals surface area contributed by atoms with Crippen molar-refractivity contribution in [2.45, 2.75) is 38.3 Å². The second-order valence-corrected chi connectivity index (χ2v) is 9.19. The molecule has 3 aromatic rings. The van der Waals surface area contributed by atoms with Crippen LogP contribution in [-0.4, -0.2) is 23.8 Å². The molecule has 3 amide bonds. The molecule has 0 aromatic heterocycles. The van der Waals surface area contributed by atoms with Crippen LogP contribution in [0.15, 0.2) is 78.9 Å². The molecule has 7 heteroatoms. The van der Waals surface area contributed by atoms with E-state index in [0.29, 0.717) is 22.7 Å².